The van der Waals surface area contributed by atoms with E-state index in [4.69, 9.17) is 0 Å². The number of carboxylic acids is 1. The maximum Gasteiger partial charge on any atom is 0.325 e. The molecule has 3 nitrogen and oxygen atoms in total. The molecule has 0 spiro atoms. The van der Waals surface area contributed by atoms with Crippen LogP contribution in [0.25, 0.3) is 0 Å². The van der Waals surface area contributed by atoms with Crippen LogP contribution in [0.1, 0.15) is 28.8 Å². The number of nitrogens with one attached hydrogen (secondary N) is 1. The number of benzene rings is 3. The summed E-state index contributed by atoms with van der Waals surface area (Å²) in [6.07, 6.45) is 0. The largest absolute Gasteiger partial charge is 0.480 e. The molecule has 1 atom stereocenters. The Bertz CT molecular complexity index is 780. The summed E-state index contributed by atoms with van der Waals surface area (Å²) in [5, 5.41) is 13.1. The normalized spacial score (nSPS) is 12.1. The predicted octanol–water partition coefficient (Wildman–Crippen LogP) is 4.95. The topological polar surface area (TPSA) is 49.3 Å². The van der Waals surface area contributed by atoms with Gasteiger partial charge in [0.1, 0.15) is 6.04 Å². The highest BCUT2D eigenvalue weighted by atomic mass is 79.9. The summed E-state index contributed by atoms with van der Waals surface area (Å²) in [6, 6.07) is 26.1. The van der Waals surface area contributed by atoms with Gasteiger partial charge in [-0.15, -0.1) is 0 Å². The van der Waals surface area contributed by atoms with E-state index in [9.17, 15) is 9.90 Å². The second-order valence-corrected chi connectivity index (χ2v) is 6.66. The van der Waals surface area contributed by atoms with E-state index in [1.165, 1.54) is 0 Å². The molecule has 4 heteroatoms. The molecular weight excluding hydrogens is 378 g/mol. The zero-order chi connectivity index (χ0) is 17.6. The number of carbonyl (C=O) groups is 1. The summed E-state index contributed by atoms with van der Waals surface area (Å²) in [4.78, 5) is 11.9. The van der Waals surface area contributed by atoms with Crippen molar-refractivity contribution in [1.29, 1.82) is 0 Å². The van der Waals surface area contributed by atoms with Crippen LogP contribution in [0, 0.1) is 0 Å². The van der Waals surface area contributed by atoms with Gasteiger partial charge in [-0.3, -0.25) is 10.1 Å². The van der Waals surface area contributed by atoms with Crippen molar-refractivity contribution >= 4 is 21.9 Å². The van der Waals surface area contributed by atoms with E-state index in [2.05, 4.69) is 21.2 Å². The maximum atomic E-state index is 11.9. The second kappa shape index (κ2) is 8.10. The van der Waals surface area contributed by atoms with Crippen LogP contribution in [0.4, 0.5) is 0 Å². The maximum absolute atomic E-state index is 11.9. The fourth-order valence-corrected chi connectivity index (χ4v) is 3.07. The standard InChI is InChI=1S/C21H18BrNO2/c22-18-13-11-17(12-14-18)20(21(24)25)23-19(15-7-3-1-4-8-15)16-9-5-2-6-10-16/h1-14,19-20,23H,(H,24,25)/t20-/m1/s1. The van der Waals surface area contributed by atoms with Crippen LogP contribution < -0.4 is 5.32 Å². The zero-order valence-electron chi connectivity index (χ0n) is 13.5. The lowest BCUT2D eigenvalue weighted by atomic mass is 9.96. The number of hydrogen-bond acceptors (Lipinski definition) is 2. The predicted molar refractivity (Wildman–Crippen MR) is 102 cm³/mol. The molecule has 0 aliphatic rings. The average Bonchev–Trinajstić information content (AvgIpc) is 2.65. The van der Waals surface area contributed by atoms with E-state index >= 15 is 0 Å². The Hall–Kier alpha value is -2.43. The Morgan fingerprint density at radius 1 is 0.760 bits per heavy atom. The minimum Gasteiger partial charge on any atom is -0.480 e. The fourth-order valence-electron chi connectivity index (χ4n) is 2.81. The van der Waals surface area contributed by atoms with Crippen molar-refractivity contribution in [3.63, 3.8) is 0 Å². The Balaban J connectivity index is 1.98. The highest BCUT2D eigenvalue weighted by molar-refractivity contribution is 9.10. The first kappa shape index (κ1) is 17.4. The minimum atomic E-state index is -0.904. The molecule has 0 saturated carbocycles. The second-order valence-electron chi connectivity index (χ2n) is 5.74. The van der Waals surface area contributed by atoms with Gasteiger partial charge in [-0.05, 0) is 28.8 Å². The van der Waals surface area contributed by atoms with Gasteiger partial charge in [0.15, 0.2) is 0 Å². The molecule has 0 aromatic heterocycles. The quantitative estimate of drug-likeness (QED) is 0.620. The molecule has 0 amide bonds. The van der Waals surface area contributed by atoms with Crippen LogP contribution in [0.15, 0.2) is 89.4 Å². The van der Waals surface area contributed by atoms with E-state index in [0.29, 0.717) is 5.56 Å². The molecule has 0 heterocycles. The van der Waals surface area contributed by atoms with Gasteiger partial charge in [0.25, 0.3) is 0 Å². The summed E-state index contributed by atoms with van der Waals surface area (Å²) in [5.74, 6) is -0.904. The monoisotopic (exact) mass is 395 g/mol. The molecular formula is C21H18BrNO2. The van der Waals surface area contributed by atoms with Crippen LogP contribution in [0.2, 0.25) is 0 Å². The van der Waals surface area contributed by atoms with Gasteiger partial charge in [0, 0.05) is 4.47 Å². The van der Waals surface area contributed by atoms with Gasteiger partial charge in [0.2, 0.25) is 0 Å². The Morgan fingerprint density at radius 3 is 1.68 bits per heavy atom. The Morgan fingerprint density at radius 2 is 1.24 bits per heavy atom. The van der Waals surface area contributed by atoms with Gasteiger partial charge in [-0.2, -0.15) is 0 Å². The SMILES string of the molecule is O=C(O)[C@H](NC(c1ccccc1)c1ccccc1)c1ccc(Br)cc1. The van der Waals surface area contributed by atoms with Gasteiger partial charge in [-0.1, -0.05) is 88.7 Å². The third kappa shape index (κ3) is 4.35. The lowest BCUT2D eigenvalue weighted by Gasteiger charge is -2.24. The Labute approximate surface area is 155 Å². The summed E-state index contributed by atoms with van der Waals surface area (Å²) < 4.78 is 0.919. The molecule has 0 saturated heterocycles. The third-order valence-corrected chi connectivity index (χ3v) is 4.58. The fraction of sp³-hybridized carbons (Fsp3) is 0.0952. The molecule has 0 unspecified atom stereocenters. The molecule has 25 heavy (non-hydrogen) atoms. The molecule has 0 radical (unpaired) electrons. The third-order valence-electron chi connectivity index (χ3n) is 4.05. The van der Waals surface area contributed by atoms with Crippen LogP contribution in [0.3, 0.4) is 0 Å². The van der Waals surface area contributed by atoms with Crippen LogP contribution >= 0.6 is 15.9 Å². The highest BCUT2D eigenvalue weighted by Gasteiger charge is 2.25. The van der Waals surface area contributed by atoms with E-state index < -0.39 is 12.0 Å². The molecule has 0 bridgehead atoms. The number of halogens is 1. The number of carboxylic acid groups (broad SMARTS) is 1. The number of aliphatic carboxylic acids is 1. The molecule has 0 fully saturated rings. The number of rotatable bonds is 6. The van der Waals surface area contributed by atoms with Gasteiger partial charge in [0.05, 0.1) is 6.04 Å². The van der Waals surface area contributed by atoms with Gasteiger partial charge < -0.3 is 5.11 Å². The lowest BCUT2D eigenvalue weighted by molar-refractivity contribution is -0.139. The van der Waals surface area contributed by atoms with Crippen molar-refractivity contribution in [3.05, 3.63) is 106 Å². The van der Waals surface area contributed by atoms with Crippen LogP contribution in [0.5, 0.6) is 0 Å². The Kier molecular flexibility index (Phi) is 5.64. The smallest absolute Gasteiger partial charge is 0.325 e. The average molecular weight is 396 g/mol. The molecule has 3 aromatic carbocycles. The lowest BCUT2D eigenvalue weighted by Crippen LogP contribution is -2.32. The van der Waals surface area contributed by atoms with Crippen molar-refractivity contribution in [2.45, 2.75) is 12.1 Å². The van der Waals surface area contributed by atoms with Gasteiger partial charge in [-0.25, -0.2) is 0 Å². The van der Waals surface area contributed by atoms with Gasteiger partial charge >= 0.3 is 5.97 Å². The van der Waals surface area contributed by atoms with Crippen molar-refractivity contribution in [1.82, 2.24) is 5.32 Å². The summed E-state index contributed by atoms with van der Waals surface area (Å²) in [5.41, 5.74) is 2.77. The number of hydrogen-bond donors (Lipinski definition) is 2. The summed E-state index contributed by atoms with van der Waals surface area (Å²) in [6.45, 7) is 0. The molecule has 3 aromatic rings. The molecule has 0 aliphatic carbocycles. The molecule has 2 N–H and O–H groups in total. The first-order chi connectivity index (χ1) is 12.1. The van der Waals surface area contributed by atoms with E-state index in [-0.39, 0.29) is 6.04 Å². The summed E-state index contributed by atoms with van der Waals surface area (Å²) in [7, 11) is 0. The molecule has 0 aliphatic heterocycles. The first-order valence-corrected chi connectivity index (χ1v) is 8.78. The minimum absolute atomic E-state index is 0.216. The van der Waals surface area contributed by atoms with E-state index in [1.807, 2.05) is 84.9 Å². The van der Waals surface area contributed by atoms with Crippen LogP contribution in [-0.2, 0) is 4.79 Å². The van der Waals surface area contributed by atoms with Crippen molar-refractivity contribution in [2.75, 3.05) is 0 Å². The first-order valence-electron chi connectivity index (χ1n) is 7.99. The van der Waals surface area contributed by atoms with Crippen LogP contribution in [-0.4, -0.2) is 11.1 Å². The molecule has 3 rings (SSSR count). The zero-order valence-corrected chi connectivity index (χ0v) is 15.1. The van der Waals surface area contributed by atoms with Crippen molar-refractivity contribution in [3.8, 4) is 0 Å². The molecule has 126 valence electrons. The van der Waals surface area contributed by atoms with E-state index in [1.54, 1.807) is 0 Å². The van der Waals surface area contributed by atoms with E-state index in [0.717, 1.165) is 15.6 Å². The van der Waals surface area contributed by atoms with Crippen molar-refractivity contribution < 1.29 is 9.90 Å². The summed E-state index contributed by atoms with van der Waals surface area (Å²) >= 11 is 3.39. The van der Waals surface area contributed by atoms with Crippen molar-refractivity contribution in [2.24, 2.45) is 0 Å². The highest BCUT2D eigenvalue weighted by Crippen LogP contribution is 2.27.